The summed E-state index contributed by atoms with van der Waals surface area (Å²) in [5.74, 6) is 0. The fourth-order valence-corrected chi connectivity index (χ4v) is 2.67. The summed E-state index contributed by atoms with van der Waals surface area (Å²) in [6.45, 7) is 4.63. The van der Waals surface area contributed by atoms with Crippen molar-refractivity contribution < 1.29 is 17.9 Å². The summed E-state index contributed by atoms with van der Waals surface area (Å²) in [5.41, 5.74) is 0.0322. The maximum atomic E-state index is 12.8. The third-order valence-electron chi connectivity index (χ3n) is 3.63. The second-order valence-corrected chi connectivity index (χ2v) is 5.22. The Morgan fingerprint density at radius 3 is 2.65 bits per heavy atom. The third kappa shape index (κ3) is 3.52. The lowest BCUT2D eigenvalue weighted by Crippen LogP contribution is -2.32. The zero-order chi connectivity index (χ0) is 14.8. The predicted octanol–water partition coefficient (Wildman–Crippen LogP) is 3.92. The first kappa shape index (κ1) is 15.3. The van der Waals surface area contributed by atoms with Crippen LogP contribution in [0.4, 0.5) is 13.2 Å². The molecule has 20 heavy (non-hydrogen) atoms. The standard InChI is InChI=1S/C15H20F3NO/c1-3-19-14(13-8-7-10(2)20-13)11-5-4-6-12(9-11)15(16,17)18/h4-6,9-10,13-14,19H,3,7-8H2,1-2H3. The summed E-state index contributed by atoms with van der Waals surface area (Å²) in [4.78, 5) is 0. The highest BCUT2D eigenvalue weighted by Crippen LogP contribution is 2.34. The van der Waals surface area contributed by atoms with Gasteiger partial charge in [-0.1, -0.05) is 19.1 Å². The molecule has 0 spiro atoms. The molecule has 2 rings (SSSR count). The van der Waals surface area contributed by atoms with Gasteiger partial charge in [0.1, 0.15) is 0 Å². The molecule has 5 heteroatoms. The van der Waals surface area contributed by atoms with E-state index in [0.29, 0.717) is 12.1 Å². The van der Waals surface area contributed by atoms with Crippen LogP contribution in [0.25, 0.3) is 0 Å². The fraction of sp³-hybridized carbons (Fsp3) is 0.600. The van der Waals surface area contributed by atoms with E-state index in [2.05, 4.69) is 5.32 Å². The molecule has 1 aromatic rings. The Morgan fingerprint density at radius 1 is 1.35 bits per heavy atom. The average Bonchev–Trinajstić information content (AvgIpc) is 2.81. The van der Waals surface area contributed by atoms with Crippen LogP contribution < -0.4 is 5.32 Å². The lowest BCUT2D eigenvalue weighted by Gasteiger charge is -2.25. The van der Waals surface area contributed by atoms with Crippen molar-refractivity contribution in [2.24, 2.45) is 0 Å². The molecular weight excluding hydrogens is 267 g/mol. The second kappa shape index (κ2) is 6.14. The van der Waals surface area contributed by atoms with Crippen LogP contribution in [0.1, 0.15) is 43.9 Å². The van der Waals surface area contributed by atoms with Crippen molar-refractivity contribution in [3.05, 3.63) is 35.4 Å². The lowest BCUT2D eigenvalue weighted by atomic mass is 9.97. The molecule has 112 valence electrons. The van der Waals surface area contributed by atoms with E-state index in [-0.39, 0.29) is 18.2 Å². The quantitative estimate of drug-likeness (QED) is 0.906. The maximum absolute atomic E-state index is 12.8. The van der Waals surface area contributed by atoms with Crippen LogP contribution in [-0.2, 0) is 10.9 Å². The maximum Gasteiger partial charge on any atom is 0.416 e. The molecule has 0 saturated carbocycles. The number of hydrogen-bond acceptors (Lipinski definition) is 2. The van der Waals surface area contributed by atoms with Gasteiger partial charge in [0, 0.05) is 0 Å². The van der Waals surface area contributed by atoms with Gasteiger partial charge in [-0.05, 0) is 44.0 Å². The van der Waals surface area contributed by atoms with Gasteiger partial charge in [-0.3, -0.25) is 0 Å². The van der Waals surface area contributed by atoms with Crippen molar-refractivity contribution in [2.75, 3.05) is 6.54 Å². The smallest absolute Gasteiger partial charge is 0.373 e. The summed E-state index contributed by atoms with van der Waals surface area (Å²) < 4.78 is 44.2. The molecule has 0 aliphatic carbocycles. The summed E-state index contributed by atoms with van der Waals surface area (Å²) in [5, 5.41) is 3.25. The van der Waals surface area contributed by atoms with Gasteiger partial charge < -0.3 is 10.1 Å². The minimum Gasteiger partial charge on any atom is -0.373 e. The molecule has 1 N–H and O–H groups in total. The summed E-state index contributed by atoms with van der Waals surface area (Å²) in [7, 11) is 0. The molecule has 0 bridgehead atoms. The van der Waals surface area contributed by atoms with Crippen molar-refractivity contribution in [1.29, 1.82) is 0 Å². The Morgan fingerprint density at radius 2 is 2.10 bits per heavy atom. The largest absolute Gasteiger partial charge is 0.416 e. The van der Waals surface area contributed by atoms with Gasteiger partial charge in [-0.15, -0.1) is 0 Å². The van der Waals surface area contributed by atoms with Crippen molar-refractivity contribution in [3.63, 3.8) is 0 Å². The number of alkyl halides is 3. The first-order valence-electron chi connectivity index (χ1n) is 6.97. The van der Waals surface area contributed by atoms with Crippen LogP contribution in [0.3, 0.4) is 0 Å². The van der Waals surface area contributed by atoms with Gasteiger partial charge in [0.05, 0.1) is 23.8 Å². The molecule has 0 aromatic heterocycles. The average molecular weight is 287 g/mol. The molecule has 0 amide bonds. The molecule has 1 saturated heterocycles. The Kier molecular flexibility index (Phi) is 4.70. The minimum atomic E-state index is -4.31. The zero-order valence-corrected chi connectivity index (χ0v) is 11.7. The summed E-state index contributed by atoms with van der Waals surface area (Å²) in [6.07, 6.45) is -2.38. The fourth-order valence-electron chi connectivity index (χ4n) is 2.67. The SMILES string of the molecule is CCNC(c1cccc(C(F)(F)F)c1)C1CCC(C)O1. The Balaban J connectivity index is 2.25. The van der Waals surface area contributed by atoms with E-state index in [1.165, 1.54) is 12.1 Å². The number of hydrogen-bond donors (Lipinski definition) is 1. The van der Waals surface area contributed by atoms with Crippen LogP contribution in [0, 0.1) is 0 Å². The normalized spacial score (nSPS) is 24.9. The number of nitrogens with one attached hydrogen (secondary N) is 1. The second-order valence-electron chi connectivity index (χ2n) is 5.22. The highest BCUT2D eigenvalue weighted by molar-refractivity contribution is 5.29. The molecule has 3 unspecified atom stereocenters. The van der Waals surface area contributed by atoms with Gasteiger partial charge in [0.15, 0.2) is 0 Å². The molecule has 1 aromatic carbocycles. The van der Waals surface area contributed by atoms with E-state index in [1.807, 2.05) is 13.8 Å². The highest BCUT2D eigenvalue weighted by atomic mass is 19.4. The van der Waals surface area contributed by atoms with Crippen LogP contribution in [-0.4, -0.2) is 18.8 Å². The molecule has 1 fully saturated rings. The van der Waals surface area contributed by atoms with Crippen molar-refractivity contribution in [2.45, 2.75) is 51.1 Å². The van der Waals surface area contributed by atoms with E-state index in [9.17, 15) is 13.2 Å². The monoisotopic (exact) mass is 287 g/mol. The number of benzene rings is 1. The topological polar surface area (TPSA) is 21.3 Å². The first-order valence-corrected chi connectivity index (χ1v) is 6.97. The molecule has 1 aliphatic rings. The lowest BCUT2D eigenvalue weighted by molar-refractivity contribution is -0.137. The van der Waals surface area contributed by atoms with Crippen LogP contribution in [0.5, 0.6) is 0 Å². The molecule has 0 radical (unpaired) electrons. The molecule has 1 aliphatic heterocycles. The Hall–Kier alpha value is -1.07. The minimum absolute atomic E-state index is 0.0616. The molecular formula is C15H20F3NO. The van der Waals surface area contributed by atoms with Crippen LogP contribution in [0.2, 0.25) is 0 Å². The van der Waals surface area contributed by atoms with E-state index >= 15 is 0 Å². The number of ether oxygens (including phenoxy) is 1. The van der Waals surface area contributed by atoms with Gasteiger partial charge in [0.2, 0.25) is 0 Å². The van der Waals surface area contributed by atoms with E-state index in [0.717, 1.165) is 18.9 Å². The molecule has 2 nitrogen and oxygen atoms in total. The van der Waals surface area contributed by atoms with Gasteiger partial charge >= 0.3 is 6.18 Å². The van der Waals surface area contributed by atoms with Gasteiger partial charge in [-0.2, -0.15) is 13.2 Å². The summed E-state index contributed by atoms with van der Waals surface area (Å²) >= 11 is 0. The third-order valence-corrected chi connectivity index (χ3v) is 3.63. The van der Waals surface area contributed by atoms with Crippen molar-refractivity contribution >= 4 is 0 Å². The van der Waals surface area contributed by atoms with E-state index in [4.69, 9.17) is 4.74 Å². The van der Waals surface area contributed by atoms with E-state index in [1.54, 1.807) is 6.07 Å². The van der Waals surface area contributed by atoms with Gasteiger partial charge in [0.25, 0.3) is 0 Å². The zero-order valence-electron chi connectivity index (χ0n) is 11.7. The van der Waals surface area contributed by atoms with Gasteiger partial charge in [-0.25, -0.2) is 0 Å². The van der Waals surface area contributed by atoms with E-state index < -0.39 is 11.7 Å². The molecule has 1 heterocycles. The number of rotatable bonds is 4. The predicted molar refractivity (Wildman–Crippen MR) is 71.4 cm³/mol. The highest BCUT2D eigenvalue weighted by Gasteiger charge is 2.33. The Labute approximate surface area is 117 Å². The van der Waals surface area contributed by atoms with Crippen molar-refractivity contribution in [3.8, 4) is 0 Å². The van der Waals surface area contributed by atoms with Crippen LogP contribution in [0.15, 0.2) is 24.3 Å². The molecule has 3 atom stereocenters. The Bertz CT molecular complexity index is 447. The number of likely N-dealkylation sites (N-methyl/N-ethyl adjacent to an activating group) is 1. The first-order chi connectivity index (χ1) is 9.41. The summed E-state index contributed by atoms with van der Waals surface area (Å²) in [6, 6.07) is 5.33. The van der Waals surface area contributed by atoms with Crippen molar-refractivity contribution in [1.82, 2.24) is 5.32 Å². The number of halogens is 3. The van der Waals surface area contributed by atoms with Crippen LogP contribution >= 0.6 is 0 Å².